The van der Waals surface area contributed by atoms with Gasteiger partial charge in [-0.25, -0.2) is 9.59 Å². The summed E-state index contributed by atoms with van der Waals surface area (Å²) in [5.74, 6) is -0.0924. The molecule has 3 amide bonds. The van der Waals surface area contributed by atoms with E-state index in [-0.39, 0.29) is 42.2 Å². The molecule has 1 fully saturated rings. The normalized spacial score (nSPS) is 17.4. The van der Waals surface area contributed by atoms with Gasteiger partial charge in [0.05, 0.1) is 12.2 Å². The first kappa shape index (κ1) is 34.3. The van der Waals surface area contributed by atoms with Crippen molar-refractivity contribution in [2.45, 2.75) is 124 Å². The standard InChI is InChI=1S/C29H51N5O7/c1-12-18(2)21(31-25(36)40-28(6,7)8)24-33-32-23(39-24)20(17-38-27(3,4)5)30-22(35)19-13-15-34(16-14-19)26(37)41-29(9,10)11/h18-21H,12-17H2,1-11H3,(H,30,35)(H,31,36)/t18-,20-,21-/m0/s1. The Bertz CT molecular complexity index is 1010. The molecule has 3 atom stereocenters. The number of rotatable bonds is 9. The van der Waals surface area contributed by atoms with Crippen LogP contribution in [0.2, 0.25) is 0 Å². The Morgan fingerprint density at radius 1 is 0.902 bits per heavy atom. The topological polar surface area (TPSA) is 145 Å². The maximum Gasteiger partial charge on any atom is 0.410 e. The highest BCUT2D eigenvalue weighted by Crippen LogP contribution is 2.27. The van der Waals surface area contributed by atoms with Gasteiger partial charge in [-0.15, -0.1) is 10.2 Å². The predicted molar refractivity (Wildman–Crippen MR) is 153 cm³/mol. The van der Waals surface area contributed by atoms with Crippen molar-refractivity contribution >= 4 is 18.1 Å². The van der Waals surface area contributed by atoms with Crippen molar-refractivity contribution < 1.29 is 33.0 Å². The Kier molecular flexibility index (Phi) is 11.6. The molecule has 0 saturated carbocycles. The van der Waals surface area contributed by atoms with Crippen molar-refractivity contribution in [2.75, 3.05) is 19.7 Å². The van der Waals surface area contributed by atoms with Crippen LogP contribution < -0.4 is 10.6 Å². The van der Waals surface area contributed by atoms with Crippen molar-refractivity contribution in [2.24, 2.45) is 11.8 Å². The zero-order chi connectivity index (χ0) is 31.2. The van der Waals surface area contributed by atoms with E-state index in [1.54, 1.807) is 25.7 Å². The molecule has 0 unspecified atom stereocenters. The fourth-order valence-electron chi connectivity index (χ4n) is 4.08. The first-order valence-corrected chi connectivity index (χ1v) is 14.5. The van der Waals surface area contributed by atoms with Gasteiger partial charge in [-0.2, -0.15) is 0 Å². The van der Waals surface area contributed by atoms with Gasteiger partial charge in [-0.1, -0.05) is 20.3 Å². The lowest BCUT2D eigenvalue weighted by Gasteiger charge is -2.33. The third kappa shape index (κ3) is 11.9. The molecule has 2 heterocycles. The molecule has 12 heteroatoms. The highest BCUT2D eigenvalue weighted by molar-refractivity contribution is 5.79. The number of piperidine rings is 1. The molecule has 0 spiro atoms. The maximum atomic E-state index is 13.3. The first-order valence-electron chi connectivity index (χ1n) is 14.5. The highest BCUT2D eigenvalue weighted by atomic mass is 16.6. The minimum absolute atomic E-state index is 0.0233. The summed E-state index contributed by atoms with van der Waals surface area (Å²) in [5, 5.41) is 14.3. The van der Waals surface area contributed by atoms with E-state index in [9.17, 15) is 14.4 Å². The molecular formula is C29H51N5O7. The smallest absolute Gasteiger partial charge is 0.410 e. The van der Waals surface area contributed by atoms with Crippen LogP contribution in [0.4, 0.5) is 9.59 Å². The summed E-state index contributed by atoms with van der Waals surface area (Å²) in [5.41, 5.74) is -1.71. The van der Waals surface area contributed by atoms with Crippen LogP contribution in [-0.4, -0.2) is 69.7 Å². The van der Waals surface area contributed by atoms with E-state index in [0.717, 1.165) is 6.42 Å². The third-order valence-electron chi connectivity index (χ3n) is 6.42. The van der Waals surface area contributed by atoms with E-state index < -0.39 is 35.0 Å². The number of nitrogens with one attached hydrogen (secondary N) is 2. The van der Waals surface area contributed by atoms with E-state index in [1.165, 1.54) is 0 Å². The van der Waals surface area contributed by atoms with E-state index in [2.05, 4.69) is 20.8 Å². The molecule has 12 nitrogen and oxygen atoms in total. The van der Waals surface area contributed by atoms with Crippen LogP contribution in [0.1, 0.15) is 119 Å². The monoisotopic (exact) mass is 581 g/mol. The summed E-state index contributed by atoms with van der Waals surface area (Å²) >= 11 is 0. The maximum absolute atomic E-state index is 13.3. The molecule has 234 valence electrons. The molecule has 2 rings (SSSR count). The fourth-order valence-corrected chi connectivity index (χ4v) is 4.08. The molecule has 2 N–H and O–H groups in total. The van der Waals surface area contributed by atoms with Gasteiger partial charge in [-0.05, 0) is 81.1 Å². The summed E-state index contributed by atoms with van der Waals surface area (Å²) in [6.45, 7) is 21.5. The number of likely N-dealkylation sites (tertiary alicyclic amines) is 1. The van der Waals surface area contributed by atoms with Crippen LogP contribution in [0.15, 0.2) is 4.42 Å². The second kappa shape index (κ2) is 13.8. The Balaban J connectivity index is 2.16. The molecular weight excluding hydrogens is 530 g/mol. The van der Waals surface area contributed by atoms with Crippen LogP contribution in [0.25, 0.3) is 0 Å². The molecule has 1 aromatic rings. The summed E-state index contributed by atoms with van der Waals surface area (Å²) in [6, 6.07) is -1.28. The van der Waals surface area contributed by atoms with Crippen LogP contribution in [0.3, 0.4) is 0 Å². The second-order valence-corrected chi connectivity index (χ2v) is 13.7. The van der Waals surface area contributed by atoms with Gasteiger partial charge in [0.15, 0.2) is 0 Å². The lowest BCUT2D eigenvalue weighted by atomic mass is 9.96. The summed E-state index contributed by atoms with van der Waals surface area (Å²) < 4.78 is 22.9. The van der Waals surface area contributed by atoms with Crippen molar-refractivity contribution in [1.29, 1.82) is 0 Å². The van der Waals surface area contributed by atoms with Crippen LogP contribution >= 0.6 is 0 Å². The van der Waals surface area contributed by atoms with Gasteiger partial charge >= 0.3 is 12.2 Å². The third-order valence-corrected chi connectivity index (χ3v) is 6.42. The average molecular weight is 582 g/mol. The van der Waals surface area contributed by atoms with Gasteiger partial charge < -0.3 is 34.2 Å². The molecule has 1 aliphatic heterocycles. The molecule has 1 aromatic heterocycles. The van der Waals surface area contributed by atoms with Crippen LogP contribution in [-0.2, 0) is 19.0 Å². The minimum Gasteiger partial charge on any atom is -0.444 e. The number of hydrogen-bond donors (Lipinski definition) is 2. The minimum atomic E-state index is -0.703. The zero-order valence-corrected chi connectivity index (χ0v) is 26.8. The van der Waals surface area contributed by atoms with Gasteiger partial charge in [0.2, 0.25) is 17.7 Å². The molecule has 0 bridgehead atoms. The lowest BCUT2D eigenvalue weighted by molar-refractivity contribution is -0.128. The number of aromatic nitrogens is 2. The zero-order valence-electron chi connectivity index (χ0n) is 26.8. The number of alkyl carbamates (subject to hydrolysis) is 1. The number of amides is 3. The molecule has 0 aromatic carbocycles. The van der Waals surface area contributed by atoms with Crippen molar-refractivity contribution in [3.63, 3.8) is 0 Å². The second-order valence-electron chi connectivity index (χ2n) is 13.7. The lowest BCUT2D eigenvalue weighted by Crippen LogP contribution is -2.46. The van der Waals surface area contributed by atoms with E-state index in [4.69, 9.17) is 18.6 Å². The Hall–Kier alpha value is -2.89. The SMILES string of the molecule is CC[C@H](C)[C@H](NC(=O)OC(C)(C)C)c1nnc([C@H](COC(C)(C)C)NC(=O)C2CCN(C(=O)OC(C)(C)C)CC2)o1. The van der Waals surface area contributed by atoms with Gasteiger partial charge in [-0.3, -0.25) is 4.79 Å². The summed E-state index contributed by atoms with van der Waals surface area (Å²) in [6.07, 6.45) is 0.794. The largest absolute Gasteiger partial charge is 0.444 e. The van der Waals surface area contributed by atoms with Crippen molar-refractivity contribution in [3.05, 3.63) is 11.8 Å². The van der Waals surface area contributed by atoms with Crippen LogP contribution in [0.5, 0.6) is 0 Å². The molecule has 41 heavy (non-hydrogen) atoms. The van der Waals surface area contributed by atoms with Gasteiger partial charge in [0.25, 0.3) is 0 Å². The van der Waals surface area contributed by atoms with Crippen molar-refractivity contribution in [1.82, 2.24) is 25.7 Å². The van der Waals surface area contributed by atoms with Gasteiger partial charge in [0.1, 0.15) is 23.3 Å². The summed E-state index contributed by atoms with van der Waals surface area (Å²) in [4.78, 5) is 39.9. The average Bonchev–Trinajstić information content (AvgIpc) is 3.31. The van der Waals surface area contributed by atoms with Crippen molar-refractivity contribution in [3.8, 4) is 0 Å². The van der Waals surface area contributed by atoms with E-state index in [1.807, 2.05) is 55.4 Å². The number of ether oxygens (including phenoxy) is 3. The number of nitrogens with zero attached hydrogens (tertiary/aromatic N) is 3. The van der Waals surface area contributed by atoms with Gasteiger partial charge in [0, 0.05) is 19.0 Å². The highest BCUT2D eigenvalue weighted by Gasteiger charge is 2.34. The molecule has 0 radical (unpaired) electrons. The Morgan fingerprint density at radius 3 is 1.98 bits per heavy atom. The number of hydrogen-bond acceptors (Lipinski definition) is 9. The Labute approximate surface area is 244 Å². The molecule has 1 aliphatic rings. The number of carbonyl (C=O) groups excluding carboxylic acids is 3. The van der Waals surface area contributed by atoms with E-state index >= 15 is 0 Å². The predicted octanol–water partition coefficient (Wildman–Crippen LogP) is 5.30. The summed E-state index contributed by atoms with van der Waals surface area (Å²) in [7, 11) is 0. The van der Waals surface area contributed by atoms with E-state index in [0.29, 0.717) is 25.9 Å². The van der Waals surface area contributed by atoms with Crippen LogP contribution in [0, 0.1) is 11.8 Å². The number of carbonyl (C=O) groups is 3. The molecule has 1 saturated heterocycles. The first-order chi connectivity index (χ1) is 18.8. The Morgan fingerprint density at radius 2 is 1.46 bits per heavy atom. The quantitative estimate of drug-likeness (QED) is 0.397. The fraction of sp³-hybridized carbons (Fsp3) is 0.828. The molecule has 0 aliphatic carbocycles.